The maximum atomic E-state index is 13.4. The zero-order valence-corrected chi connectivity index (χ0v) is 16.7. The van der Waals surface area contributed by atoms with Gasteiger partial charge < -0.3 is 19.2 Å². The van der Waals surface area contributed by atoms with Crippen molar-refractivity contribution in [2.75, 3.05) is 6.61 Å². The summed E-state index contributed by atoms with van der Waals surface area (Å²) >= 11 is 0. The topological polar surface area (TPSA) is 82.2 Å². The number of carbonyl (C=O) groups excluding carboxylic acids is 1. The molecule has 1 saturated carbocycles. The molecule has 0 unspecified atom stereocenters. The summed E-state index contributed by atoms with van der Waals surface area (Å²) in [7, 11) is 0. The summed E-state index contributed by atoms with van der Waals surface area (Å²) in [5.41, 5.74) is -2.01. The Morgan fingerprint density at radius 2 is 1.97 bits per heavy atom. The quantitative estimate of drug-likeness (QED) is 0.767. The molecule has 2 atom stereocenters. The lowest BCUT2D eigenvalue weighted by atomic mass is 9.65. The first-order valence-electron chi connectivity index (χ1n) is 10.1. The minimum Gasteiger partial charge on any atom is -0.374 e. The lowest BCUT2D eigenvalue weighted by Gasteiger charge is -2.50. The molecule has 3 aliphatic heterocycles. The second kappa shape index (κ2) is 5.94. The monoisotopic (exact) mass is 424 g/mol. The highest BCUT2D eigenvalue weighted by Crippen LogP contribution is 2.50. The highest BCUT2D eigenvalue weighted by molar-refractivity contribution is 5.64. The van der Waals surface area contributed by atoms with Crippen LogP contribution in [0.4, 0.5) is 13.2 Å². The first-order valence-corrected chi connectivity index (χ1v) is 10.1. The molecule has 0 aromatic carbocycles. The number of imidazole rings is 1. The standard InChI is InChI=1S/C20H23F3N4O3/c1-12-9-26-13(14-8-24-16(27(12)14)17(2,29)20(21,22)23)7-15(25-26)18-3-5-19(10-28,6-4-18)30-11-18/h7-8,10,12,29H,3-6,9,11H2,1-2H3/t12-,17+,18?,19?/m0/s1. The van der Waals surface area contributed by atoms with E-state index in [2.05, 4.69) is 4.98 Å². The Labute approximate surface area is 170 Å². The van der Waals surface area contributed by atoms with Crippen LogP contribution in [-0.4, -0.2) is 49.1 Å². The molecule has 6 rings (SSSR count). The number of hydrogen-bond acceptors (Lipinski definition) is 5. The van der Waals surface area contributed by atoms with E-state index >= 15 is 0 Å². The van der Waals surface area contributed by atoms with Crippen molar-refractivity contribution in [1.82, 2.24) is 19.3 Å². The molecular formula is C20H23F3N4O3. The van der Waals surface area contributed by atoms with Gasteiger partial charge in [-0.1, -0.05) is 0 Å². The molecule has 0 amide bonds. The number of ether oxygens (including phenoxy) is 1. The zero-order chi connectivity index (χ0) is 21.5. The van der Waals surface area contributed by atoms with Crippen molar-refractivity contribution in [3.63, 3.8) is 0 Å². The number of hydrogen-bond donors (Lipinski definition) is 1. The number of aromatic nitrogens is 4. The van der Waals surface area contributed by atoms with Gasteiger partial charge in [-0.2, -0.15) is 18.3 Å². The molecule has 0 radical (unpaired) electrons. The Balaban J connectivity index is 1.56. The number of nitrogens with zero attached hydrogens (tertiary/aromatic N) is 4. The van der Waals surface area contributed by atoms with Gasteiger partial charge in [-0.3, -0.25) is 4.68 Å². The predicted molar refractivity (Wildman–Crippen MR) is 98.7 cm³/mol. The number of halogens is 3. The van der Waals surface area contributed by atoms with Crippen molar-refractivity contribution in [1.29, 1.82) is 0 Å². The van der Waals surface area contributed by atoms with E-state index in [0.29, 0.717) is 37.4 Å². The summed E-state index contributed by atoms with van der Waals surface area (Å²) in [6.45, 7) is 3.29. The van der Waals surface area contributed by atoms with Crippen molar-refractivity contribution in [3.8, 4) is 11.4 Å². The van der Waals surface area contributed by atoms with Crippen LogP contribution in [0.3, 0.4) is 0 Å². The molecule has 162 valence electrons. The van der Waals surface area contributed by atoms with Crippen molar-refractivity contribution < 1.29 is 27.8 Å². The lowest BCUT2D eigenvalue weighted by molar-refractivity contribution is -0.262. The third-order valence-electron chi connectivity index (χ3n) is 7.15. The van der Waals surface area contributed by atoms with Gasteiger partial charge in [0, 0.05) is 5.41 Å². The first-order chi connectivity index (χ1) is 14.0. The van der Waals surface area contributed by atoms with Crippen LogP contribution in [0.2, 0.25) is 0 Å². The lowest BCUT2D eigenvalue weighted by Crippen LogP contribution is -2.54. The van der Waals surface area contributed by atoms with E-state index in [0.717, 1.165) is 31.7 Å². The molecule has 5 heterocycles. The number of fused-ring (bicyclic) bond motifs is 6. The number of aliphatic hydroxyl groups is 1. The van der Waals surface area contributed by atoms with E-state index in [9.17, 15) is 23.1 Å². The molecule has 7 nitrogen and oxygen atoms in total. The minimum atomic E-state index is -4.84. The van der Waals surface area contributed by atoms with Gasteiger partial charge in [-0.25, -0.2) is 4.98 Å². The van der Waals surface area contributed by atoms with Crippen LogP contribution in [0.25, 0.3) is 11.4 Å². The van der Waals surface area contributed by atoms with Crippen LogP contribution in [0.15, 0.2) is 12.3 Å². The largest absolute Gasteiger partial charge is 0.424 e. The van der Waals surface area contributed by atoms with Gasteiger partial charge in [-0.05, 0) is 45.6 Å². The van der Waals surface area contributed by atoms with Crippen LogP contribution >= 0.6 is 0 Å². The Bertz CT molecular complexity index is 999. The Morgan fingerprint density at radius 3 is 2.53 bits per heavy atom. The van der Waals surface area contributed by atoms with Crippen molar-refractivity contribution in [3.05, 3.63) is 23.8 Å². The molecular weight excluding hydrogens is 401 g/mol. The van der Waals surface area contributed by atoms with Crippen LogP contribution < -0.4 is 0 Å². The molecule has 2 bridgehead atoms. The fourth-order valence-electron chi connectivity index (χ4n) is 5.04. The third-order valence-corrected chi connectivity index (χ3v) is 7.15. The maximum absolute atomic E-state index is 13.4. The van der Waals surface area contributed by atoms with Crippen LogP contribution in [-0.2, 0) is 27.1 Å². The van der Waals surface area contributed by atoms with E-state index in [-0.39, 0.29) is 11.5 Å². The SMILES string of the molecule is C[C@H]1Cn2nc(C34CCC(C=O)(CC3)OC4)cc2-c2cnc([C@@](C)(O)C(F)(F)F)n21. The molecule has 0 spiro atoms. The van der Waals surface area contributed by atoms with Gasteiger partial charge in [0.15, 0.2) is 12.1 Å². The average Bonchev–Trinajstić information content (AvgIpc) is 3.34. The molecule has 2 aromatic rings. The van der Waals surface area contributed by atoms with Gasteiger partial charge in [-0.15, -0.1) is 0 Å². The highest BCUT2D eigenvalue weighted by Gasteiger charge is 2.55. The Kier molecular flexibility index (Phi) is 3.91. The molecule has 10 heteroatoms. The highest BCUT2D eigenvalue weighted by atomic mass is 19.4. The van der Waals surface area contributed by atoms with E-state index in [1.807, 2.05) is 6.07 Å². The normalized spacial score (nSPS) is 32.4. The fourth-order valence-corrected chi connectivity index (χ4v) is 5.04. The summed E-state index contributed by atoms with van der Waals surface area (Å²) in [5.74, 6) is -0.418. The number of aldehydes is 1. The smallest absolute Gasteiger partial charge is 0.374 e. The predicted octanol–water partition coefficient (Wildman–Crippen LogP) is 2.87. The van der Waals surface area contributed by atoms with Gasteiger partial charge >= 0.3 is 6.18 Å². The summed E-state index contributed by atoms with van der Waals surface area (Å²) < 4.78 is 49.5. The molecule has 1 aliphatic carbocycles. The molecule has 3 fully saturated rings. The van der Waals surface area contributed by atoms with Gasteiger partial charge in [0.05, 0.1) is 42.5 Å². The average molecular weight is 424 g/mol. The van der Waals surface area contributed by atoms with Crippen LogP contribution in [0, 0.1) is 0 Å². The maximum Gasteiger partial charge on any atom is 0.424 e. The van der Waals surface area contributed by atoms with Gasteiger partial charge in [0.2, 0.25) is 5.60 Å². The summed E-state index contributed by atoms with van der Waals surface area (Å²) in [6.07, 6.45) is 0.287. The Hall–Kier alpha value is -2.20. The first kappa shape index (κ1) is 19.7. The number of carbonyl (C=O) groups is 1. The third kappa shape index (κ3) is 2.49. The summed E-state index contributed by atoms with van der Waals surface area (Å²) in [4.78, 5) is 15.4. The van der Waals surface area contributed by atoms with Crippen molar-refractivity contribution >= 4 is 6.29 Å². The van der Waals surface area contributed by atoms with E-state index in [1.165, 1.54) is 10.8 Å². The fraction of sp³-hybridized carbons (Fsp3) is 0.650. The molecule has 2 aromatic heterocycles. The van der Waals surface area contributed by atoms with Crippen LogP contribution in [0.5, 0.6) is 0 Å². The van der Waals surface area contributed by atoms with Gasteiger partial charge in [0.25, 0.3) is 0 Å². The molecule has 4 aliphatic rings. The molecule has 30 heavy (non-hydrogen) atoms. The van der Waals surface area contributed by atoms with Crippen molar-refractivity contribution in [2.45, 2.75) is 74.9 Å². The Morgan fingerprint density at radius 1 is 1.27 bits per heavy atom. The van der Waals surface area contributed by atoms with E-state index in [4.69, 9.17) is 9.84 Å². The van der Waals surface area contributed by atoms with Gasteiger partial charge in [0.1, 0.15) is 5.60 Å². The van der Waals surface area contributed by atoms with Crippen LogP contribution in [0.1, 0.15) is 57.1 Å². The number of alkyl halides is 3. The summed E-state index contributed by atoms with van der Waals surface area (Å²) in [5, 5.41) is 15.0. The second-order valence-electron chi connectivity index (χ2n) is 9.10. The minimum absolute atomic E-state index is 0.288. The zero-order valence-electron chi connectivity index (χ0n) is 16.7. The van der Waals surface area contributed by atoms with E-state index in [1.54, 1.807) is 11.6 Å². The molecule has 2 saturated heterocycles. The summed E-state index contributed by atoms with van der Waals surface area (Å²) in [6, 6.07) is 1.54. The van der Waals surface area contributed by atoms with E-state index < -0.39 is 23.2 Å². The number of rotatable bonds is 3. The second-order valence-corrected chi connectivity index (χ2v) is 9.10. The van der Waals surface area contributed by atoms with Crippen molar-refractivity contribution in [2.24, 2.45) is 0 Å². The molecule has 1 N–H and O–H groups in total.